The maximum Gasteiger partial charge on any atom is -0.0259 e. The van der Waals surface area contributed by atoms with Crippen LogP contribution in [0.15, 0.2) is 12.2 Å². The van der Waals surface area contributed by atoms with Crippen LogP contribution in [-0.4, -0.2) is 0 Å². The van der Waals surface area contributed by atoms with Crippen molar-refractivity contribution in [1.29, 1.82) is 0 Å². The third-order valence-electron chi connectivity index (χ3n) is 6.62. The molecule has 1 aliphatic carbocycles. The van der Waals surface area contributed by atoms with E-state index in [0.29, 0.717) is 5.41 Å². The summed E-state index contributed by atoms with van der Waals surface area (Å²) in [5, 5.41) is 0. The van der Waals surface area contributed by atoms with E-state index >= 15 is 0 Å². The molecule has 1 saturated carbocycles. The molecule has 0 spiro atoms. The first-order valence-corrected chi connectivity index (χ1v) is 9.90. The molecule has 0 radical (unpaired) electrons. The number of hydrogen-bond donors (Lipinski definition) is 0. The highest BCUT2D eigenvalue weighted by molar-refractivity contribution is 5.08. The molecule has 0 aromatic heterocycles. The Hall–Kier alpha value is -0.260. The molecule has 0 saturated heterocycles. The molecule has 0 aromatic carbocycles. The number of rotatable bonds is 10. The molecule has 22 heavy (non-hydrogen) atoms. The summed E-state index contributed by atoms with van der Waals surface area (Å²) in [5.74, 6) is 5.17. The van der Waals surface area contributed by atoms with Gasteiger partial charge in [-0.1, -0.05) is 80.4 Å². The first-order chi connectivity index (χ1) is 10.2. The van der Waals surface area contributed by atoms with Crippen molar-refractivity contribution in [3.8, 4) is 0 Å². The summed E-state index contributed by atoms with van der Waals surface area (Å²) in [5.41, 5.74) is 0.624. The Morgan fingerprint density at radius 3 is 2.27 bits per heavy atom. The van der Waals surface area contributed by atoms with Crippen molar-refractivity contribution in [1.82, 2.24) is 0 Å². The maximum absolute atomic E-state index is 2.55. The molecule has 1 rings (SSSR count). The quantitative estimate of drug-likeness (QED) is 0.370. The highest BCUT2D eigenvalue weighted by atomic mass is 14.6. The Morgan fingerprint density at radius 1 is 1.09 bits per heavy atom. The van der Waals surface area contributed by atoms with Gasteiger partial charge in [0.2, 0.25) is 0 Å². The minimum absolute atomic E-state index is 0.624. The van der Waals surface area contributed by atoms with Crippen molar-refractivity contribution in [3.05, 3.63) is 12.2 Å². The van der Waals surface area contributed by atoms with Crippen LogP contribution in [0.3, 0.4) is 0 Å². The normalized spacial score (nSPS) is 32.4. The average molecular weight is 307 g/mol. The fourth-order valence-corrected chi connectivity index (χ4v) is 4.62. The second kappa shape index (κ2) is 8.55. The monoisotopic (exact) mass is 306 g/mol. The van der Waals surface area contributed by atoms with Crippen LogP contribution in [0, 0.1) is 40.9 Å². The lowest BCUT2D eigenvalue weighted by atomic mass is 9.81. The van der Waals surface area contributed by atoms with Gasteiger partial charge in [-0.2, -0.15) is 0 Å². The van der Waals surface area contributed by atoms with Gasteiger partial charge in [-0.25, -0.2) is 0 Å². The van der Waals surface area contributed by atoms with Crippen molar-refractivity contribution >= 4 is 0 Å². The molecule has 0 heterocycles. The van der Waals surface area contributed by atoms with Crippen LogP contribution >= 0.6 is 0 Å². The first-order valence-electron chi connectivity index (χ1n) is 9.90. The van der Waals surface area contributed by atoms with Gasteiger partial charge in [-0.05, 0) is 60.2 Å². The van der Waals surface area contributed by atoms with E-state index in [-0.39, 0.29) is 0 Å². The molecule has 1 aliphatic rings. The summed E-state index contributed by atoms with van der Waals surface area (Å²) >= 11 is 0. The molecule has 6 unspecified atom stereocenters. The molecule has 0 bridgehead atoms. The highest BCUT2D eigenvalue weighted by Crippen LogP contribution is 2.65. The lowest BCUT2D eigenvalue weighted by Crippen LogP contribution is -2.16. The number of hydrogen-bond acceptors (Lipinski definition) is 0. The molecule has 0 aliphatic heterocycles. The van der Waals surface area contributed by atoms with Crippen molar-refractivity contribution in [2.45, 2.75) is 87.5 Å². The third kappa shape index (κ3) is 5.14. The van der Waals surface area contributed by atoms with Crippen molar-refractivity contribution in [2.24, 2.45) is 40.9 Å². The van der Waals surface area contributed by atoms with Crippen LogP contribution in [0.1, 0.15) is 87.5 Å². The Kier molecular flexibility index (Phi) is 7.69. The van der Waals surface area contributed by atoms with E-state index in [1.807, 2.05) is 0 Å². The van der Waals surface area contributed by atoms with Crippen LogP contribution in [0.25, 0.3) is 0 Å². The second-order valence-corrected chi connectivity index (χ2v) is 9.02. The minimum atomic E-state index is 0.624. The fraction of sp³-hybridized carbons (Fsp3) is 0.909. The van der Waals surface area contributed by atoms with Gasteiger partial charge >= 0.3 is 0 Å². The third-order valence-corrected chi connectivity index (χ3v) is 6.62. The summed E-state index contributed by atoms with van der Waals surface area (Å²) < 4.78 is 0. The van der Waals surface area contributed by atoms with Crippen LogP contribution < -0.4 is 0 Å². The molecule has 130 valence electrons. The summed E-state index contributed by atoms with van der Waals surface area (Å²) in [6, 6.07) is 0. The zero-order valence-electron chi connectivity index (χ0n) is 16.7. The Morgan fingerprint density at radius 2 is 1.73 bits per heavy atom. The Balaban J connectivity index is 2.48. The second-order valence-electron chi connectivity index (χ2n) is 9.02. The average Bonchev–Trinajstić information content (AvgIpc) is 2.98. The van der Waals surface area contributed by atoms with Gasteiger partial charge in [-0.15, -0.1) is 0 Å². The molecule has 1 fully saturated rings. The summed E-state index contributed by atoms with van der Waals surface area (Å²) in [6.45, 7) is 19.4. The number of allylic oxidation sites excluding steroid dienone is 2. The predicted octanol–water partition coefficient (Wildman–Crippen LogP) is 7.35. The van der Waals surface area contributed by atoms with E-state index in [9.17, 15) is 0 Å². The van der Waals surface area contributed by atoms with E-state index in [2.05, 4.69) is 67.5 Å². The highest BCUT2D eigenvalue weighted by Gasteiger charge is 2.59. The van der Waals surface area contributed by atoms with Gasteiger partial charge in [0.05, 0.1) is 0 Å². The van der Waals surface area contributed by atoms with Crippen molar-refractivity contribution in [3.63, 3.8) is 0 Å². The van der Waals surface area contributed by atoms with E-state index < -0.39 is 0 Å². The largest absolute Gasteiger partial charge is 0.0883 e. The summed E-state index contributed by atoms with van der Waals surface area (Å²) in [4.78, 5) is 0. The van der Waals surface area contributed by atoms with Gasteiger partial charge in [-0.3, -0.25) is 0 Å². The lowest BCUT2D eigenvalue weighted by Gasteiger charge is -2.25. The lowest BCUT2D eigenvalue weighted by molar-refractivity contribution is 0.259. The van der Waals surface area contributed by atoms with Crippen molar-refractivity contribution < 1.29 is 0 Å². The Labute approximate surface area is 141 Å². The summed E-state index contributed by atoms with van der Waals surface area (Å²) in [6.07, 6.45) is 11.5. The number of unbranched alkanes of at least 4 members (excludes halogenated alkanes) is 1. The van der Waals surface area contributed by atoms with Crippen LogP contribution in [0.4, 0.5) is 0 Å². The molecular formula is C22H42. The standard InChI is InChI=1S/C22H42/c1-9-10-11-12-17(4)15-18(5)19(6)21-20(7)22(21,8)14-13-16(2)3/h11-12,16-21H,9-10,13-15H2,1-8H3. The van der Waals surface area contributed by atoms with Crippen LogP contribution in [0.2, 0.25) is 0 Å². The van der Waals surface area contributed by atoms with Crippen LogP contribution in [-0.2, 0) is 0 Å². The van der Waals surface area contributed by atoms with Gasteiger partial charge in [0.15, 0.2) is 0 Å². The van der Waals surface area contributed by atoms with Gasteiger partial charge in [0.1, 0.15) is 0 Å². The van der Waals surface area contributed by atoms with Gasteiger partial charge in [0, 0.05) is 0 Å². The maximum atomic E-state index is 2.55. The molecular weight excluding hydrogens is 264 g/mol. The molecule has 0 amide bonds. The molecule has 0 aromatic rings. The topological polar surface area (TPSA) is 0 Å². The zero-order chi connectivity index (χ0) is 16.9. The zero-order valence-corrected chi connectivity index (χ0v) is 16.7. The van der Waals surface area contributed by atoms with Crippen LogP contribution in [0.5, 0.6) is 0 Å². The van der Waals surface area contributed by atoms with Gasteiger partial charge < -0.3 is 0 Å². The van der Waals surface area contributed by atoms with Crippen molar-refractivity contribution in [2.75, 3.05) is 0 Å². The molecule has 0 heteroatoms. The van der Waals surface area contributed by atoms with E-state index in [4.69, 9.17) is 0 Å². The van der Waals surface area contributed by atoms with E-state index in [1.54, 1.807) is 0 Å². The Bertz CT molecular complexity index is 340. The smallest absolute Gasteiger partial charge is 0.0259 e. The minimum Gasteiger partial charge on any atom is -0.0883 e. The van der Waals surface area contributed by atoms with E-state index in [0.717, 1.165) is 35.5 Å². The van der Waals surface area contributed by atoms with Gasteiger partial charge in [0.25, 0.3) is 0 Å². The molecule has 0 N–H and O–H groups in total. The SMILES string of the molecule is CCCC=CC(C)CC(C)C(C)C1C(C)C1(C)CCC(C)C. The molecule has 6 atom stereocenters. The predicted molar refractivity (Wildman–Crippen MR) is 101 cm³/mol. The summed E-state index contributed by atoms with van der Waals surface area (Å²) in [7, 11) is 0. The molecule has 0 nitrogen and oxygen atoms in total. The first kappa shape index (κ1) is 19.8. The fourth-order valence-electron chi connectivity index (χ4n) is 4.62. The van der Waals surface area contributed by atoms with E-state index in [1.165, 1.54) is 32.1 Å².